The van der Waals surface area contributed by atoms with Gasteiger partial charge in [-0.2, -0.15) is 5.26 Å². The van der Waals surface area contributed by atoms with Crippen molar-refractivity contribution < 1.29 is 0 Å². The van der Waals surface area contributed by atoms with Crippen LogP contribution in [0.25, 0.3) is 11.0 Å². The van der Waals surface area contributed by atoms with Crippen LogP contribution in [0.2, 0.25) is 0 Å². The van der Waals surface area contributed by atoms with Gasteiger partial charge in [0.25, 0.3) is 0 Å². The largest absolute Gasteiger partial charge is 0.324 e. The Bertz CT molecular complexity index is 665. The fourth-order valence-electron chi connectivity index (χ4n) is 3.75. The minimum atomic E-state index is 0.121. The number of imidazole rings is 1. The molecule has 3 nitrogen and oxygen atoms in total. The number of nitriles is 1. The van der Waals surface area contributed by atoms with Gasteiger partial charge in [0.1, 0.15) is 5.82 Å². The molecule has 3 atom stereocenters. The molecule has 3 rings (SSSR count). The third kappa shape index (κ3) is 2.44. The molecule has 0 amide bonds. The van der Waals surface area contributed by atoms with Crippen molar-refractivity contribution in [3.8, 4) is 6.07 Å². The molecule has 2 aromatic rings. The highest BCUT2D eigenvalue weighted by molar-refractivity contribution is 5.76. The molecule has 0 bridgehead atoms. The van der Waals surface area contributed by atoms with Gasteiger partial charge in [0, 0.05) is 6.42 Å². The Morgan fingerprint density at radius 2 is 2.10 bits per heavy atom. The second kappa shape index (κ2) is 5.89. The summed E-state index contributed by atoms with van der Waals surface area (Å²) in [6.45, 7) is 4.42. The van der Waals surface area contributed by atoms with Crippen molar-refractivity contribution in [3.05, 3.63) is 30.1 Å². The van der Waals surface area contributed by atoms with E-state index < -0.39 is 0 Å². The number of aromatic nitrogens is 2. The van der Waals surface area contributed by atoms with E-state index in [0.717, 1.165) is 36.5 Å². The van der Waals surface area contributed by atoms with Crippen molar-refractivity contribution in [2.24, 2.45) is 11.8 Å². The third-order valence-corrected chi connectivity index (χ3v) is 4.99. The smallest absolute Gasteiger partial charge is 0.109 e. The van der Waals surface area contributed by atoms with E-state index in [4.69, 9.17) is 4.98 Å². The quantitative estimate of drug-likeness (QED) is 0.831. The number of hydrogen-bond acceptors (Lipinski definition) is 2. The number of aryl methyl sites for hydroxylation is 1. The van der Waals surface area contributed by atoms with E-state index in [1.54, 1.807) is 0 Å². The predicted octanol–water partition coefficient (Wildman–Crippen LogP) is 4.49. The molecule has 1 saturated carbocycles. The molecule has 0 saturated heterocycles. The number of hydrogen-bond donors (Lipinski definition) is 0. The highest BCUT2D eigenvalue weighted by atomic mass is 15.1. The maximum Gasteiger partial charge on any atom is 0.109 e. The average molecular weight is 281 g/mol. The molecule has 0 aliphatic heterocycles. The zero-order valence-corrected chi connectivity index (χ0v) is 12.9. The van der Waals surface area contributed by atoms with Crippen LogP contribution in [-0.4, -0.2) is 9.55 Å². The normalized spacial score (nSPS) is 25.9. The van der Waals surface area contributed by atoms with Crippen LogP contribution in [0, 0.1) is 23.2 Å². The van der Waals surface area contributed by atoms with Gasteiger partial charge >= 0.3 is 0 Å². The first-order valence-electron chi connectivity index (χ1n) is 8.13. The first-order valence-corrected chi connectivity index (χ1v) is 8.13. The monoisotopic (exact) mass is 281 g/mol. The average Bonchev–Trinajstić information content (AvgIpc) is 2.92. The molecule has 0 N–H and O–H groups in total. The van der Waals surface area contributed by atoms with E-state index in [0.29, 0.717) is 0 Å². The molecule has 1 fully saturated rings. The van der Waals surface area contributed by atoms with E-state index in [2.05, 4.69) is 42.7 Å². The highest BCUT2D eigenvalue weighted by Crippen LogP contribution is 2.40. The van der Waals surface area contributed by atoms with Crippen molar-refractivity contribution in [3.63, 3.8) is 0 Å². The Kier molecular flexibility index (Phi) is 3.96. The fourth-order valence-corrected chi connectivity index (χ4v) is 3.75. The first-order chi connectivity index (χ1) is 10.3. The van der Waals surface area contributed by atoms with Gasteiger partial charge in [0.15, 0.2) is 0 Å². The summed E-state index contributed by atoms with van der Waals surface area (Å²) < 4.78 is 2.37. The van der Waals surface area contributed by atoms with Crippen LogP contribution in [0.5, 0.6) is 0 Å². The van der Waals surface area contributed by atoms with Crippen molar-refractivity contribution in [2.45, 2.75) is 52.0 Å². The lowest BCUT2D eigenvalue weighted by Gasteiger charge is -2.34. The summed E-state index contributed by atoms with van der Waals surface area (Å²) in [4.78, 5) is 4.78. The zero-order chi connectivity index (χ0) is 14.8. The van der Waals surface area contributed by atoms with Gasteiger partial charge in [-0.25, -0.2) is 4.98 Å². The maximum absolute atomic E-state index is 9.57. The van der Waals surface area contributed by atoms with Crippen LogP contribution >= 0.6 is 0 Å². The SMILES string of the molecule is CCc1nc2ccccc2n1C1CC(CC)CCC1C#N. The molecule has 3 heteroatoms. The van der Waals surface area contributed by atoms with Gasteiger partial charge in [0.2, 0.25) is 0 Å². The van der Waals surface area contributed by atoms with Gasteiger partial charge in [-0.3, -0.25) is 0 Å². The van der Waals surface area contributed by atoms with Gasteiger partial charge in [0.05, 0.1) is 29.1 Å². The van der Waals surface area contributed by atoms with Crippen molar-refractivity contribution in [1.29, 1.82) is 5.26 Å². The molecule has 21 heavy (non-hydrogen) atoms. The topological polar surface area (TPSA) is 41.6 Å². The van der Waals surface area contributed by atoms with E-state index in [1.807, 2.05) is 6.07 Å². The van der Waals surface area contributed by atoms with Crippen molar-refractivity contribution in [2.75, 3.05) is 0 Å². The molecule has 0 radical (unpaired) electrons. The molecule has 0 spiro atoms. The zero-order valence-electron chi connectivity index (χ0n) is 12.9. The van der Waals surface area contributed by atoms with Crippen LogP contribution in [0.4, 0.5) is 0 Å². The summed E-state index contributed by atoms with van der Waals surface area (Å²) >= 11 is 0. The number of para-hydroxylation sites is 2. The molecular weight excluding hydrogens is 258 g/mol. The Labute approximate surface area is 126 Å². The number of rotatable bonds is 3. The summed E-state index contributed by atoms with van der Waals surface area (Å²) in [6, 6.07) is 11.2. The van der Waals surface area contributed by atoms with Crippen LogP contribution < -0.4 is 0 Å². The van der Waals surface area contributed by atoms with E-state index in [1.165, 1.54) is 18.4 Å². The molecule has 1 aliphatic rings. The summed E-state index contributed by atoms with van der Waals surface area (Å²) in [7, 11) is 0. The molecule has 1 aromatic heterocycles. The lowest BCUT2D eigenvalue weighted by Crippen LogP contribution is -2.27. The molecule has 1 heterocycles. The van der Waals surface area contributed by atoms with Crippen LogP contribution in [-0.2, 0) is 6.42 Å². The van der Waals surface area contributed by atoms with Gasteiger partial charge in [-0.1, -0.05) is 32.4 Å². The van der Waals surface area contributed by atoms with Crippen LogP contribution in [0.15, 0.2) is 24.3 Å². The van der Waals surface area contributed by atoms with Gasteiger partial charge in [-0.05, 0) is 37.3 Å². The summed E-state index contributed by atoms with van der Waals surface area (Å²) in [5, 5.41) is 9.57. The van der Waals surface area contributed by atoms with E-state index >= 15 is 0 Å². The number of nitrogens with zero attached hydrogens (tertiary/aromatic N) is 3. The summed E-state index contributed by atoms with van der Waals surface area (Å²) in [5.41, 5.74) is 2.25. The first kappa shape index (κ1) is 14.1. The highest BCUT2D eigenvalue weighted by Gasteiger charge is 2.33. The lowest BCUT2D eigenvalue weighted by molar-refractivity contribution is 0.217. The van der Waals surface area contributed by atoms with E-state index in [9.17, 15) is 5.26 Å². The predicted molar refractivity (Wildman–Crippen MR) is 84.9 cm³/mol. The minimum absolute atomic E-state index is 0.121. The van der Waals surface area contributed by atoms with Crippen LogP contribution in [0.3, 0.4) is 0 Å². The molecule has 1 aliphatic carbocycles. The maximum atomic E-state index is 9.57. The fraction of sp³-hybridized carbons (Fsp3) is 0.556. The summed E-state index contributed by atoms with van der Waals surface area (Å²) in [6.07, 6.45) is 5.46. The van der Waals surface area contributed by atoms with Gasteiger partial charge in [-0.15, -0.1) is 0 Å². The molecule has 3 unspecified atom stereocenters. The Balaban J connectivity index is 2.10. The molecular formula is C18H23N3. The molecule has 110 valence electrons. The Morgan fingerprint density at radius 1 is 1.29 bits per heavy atom. The Hall–Kier alpha value is -1.82. The Morgan fingerprint density at radius 3 is 2.81 bits per heavy atom. The second-order valence-electron chi connectivity index (χ2n) is 6.13. The minimum Gasteiger partial charge on any atom is -0.324 e. The van der Waals surface area contributed by atoms with E-state index in [-0.39, 0.29) is 12.0 Å². The molecule has 1 aromatic carbocycles. The standard InChI is InChI=1S/C18H23N3/c1-3-13-9-10-14(12-19)17(11-13)21-16-8-6-5-7-15(16)20-18(21)4-2/h5-8,13-14,17H,3-4,9-11H2,1-2H3. The number of benzene rings is 1. The van der Waals surface area contributed by atoms with Crippen molar-refractivity contribution >= 4 is 11.0 Å². The number of fused-ring (bicyclic) bond motifs is 1. The lowest BCUT2D eigenvalue weighted by atomic mass is 9.77. The second-order valence-corrected chi connectivity index (χ2v) is 6.13. The van der Waals surface area contributed by atoms with Crippen molar-refractivity contribution in [1.82, 2.24) is 9.55 Å². The summed E-state index contributed by atoms with van der Waals surface area (Å²) in [5.74, 6) is 1.99. The van der Waals surface area contributed by atoms with Crippen LogP contribution in [0.1, 0.15) is 51.4 Å². The van der Waals surface area contributed by atoms with Gasteiger partial charge < -0.3 is 4.57 Å². The third-order valence-electron chi connectivity index (χ3n) is 4.99.